The lowest BCUT2D eigenvalue weighted by Crippen LogP contribution is -2.44. The van der Waals surface area contributed by atoms with Gasteiger partial charge in [0.15, 0.2) is 5.75 Å². The number of anilines is 1. The van der Waals surface area contributed by atoms with Crippen LogP contribution in [0.3, 0.4) is 0 Å². The minimum atomic E-state index is -1.57. The number of benzene rings is 1. The lowest BCUT2D eigenvalue weighted by atomic mass is 9.91. The molecule has 0 spiro atoms. The van der Waals surface area contributed by atoms with Gasteiger partial charge in [0.25, 0.3) is 0 Å². The highest BCUT2D eigenvalue weighted by atomic mass is 19.1. The molecule has 1 saturated carbocycles. The highest BCUT2D eigenvalue weighted by molar-refractivity contribution is 5.85. The second-order valence-corrected chi connectivity index (χ2v) is 8.13. The van der Waals surface area contributed by atoms with Crippen molar-refractivity contribution in [3.63, 3.8) is 0 Å². The largest absolute Gasteiger partial charge is 0.511 e. The molecule has 3 N–H and O–H groups in total. The molecule has 3 fully saturated rings. The summed E-state index contributed by atoms with van der Waals surface area (Å²) in [4.78, 5) is 25.6. The van der Waals surface area contributed by atoms with Crippen LogP contribution in [0.2, 0.25) is 0 Å². The monoisotopic (exact) mass is 403 g/mol. The summed E-state index contributed by atoms with van der Waals surface area (Å²) in [5.41, 5.74) is 5.87. The Morgan fingerprint density at radius 2 is 2.17 bits per heavy atom. The first-order chi connectivity index (χ1) is 13.9. The molecule has 0 bridgehead atoms. The van der Waals surface area contributed by atoms with Gasteiger partial charge in [-0.15, -0.1) is 0 Å². The van der Waals surface area contributed by atoms with E-state index in [1.807, 2.05) is 9.47 Å². The molecule has 2 saturated heterocycles. The maximum Gasteiger partial charge on any atom is 0.511 e. The molecular weight excluding hydrogens is 381 g/mol. The van der Waals surface area contributed by atoms with Crippen LogP contribution >= 0.6 is 0 Å². The van der Waals surface area contributed by atoms with Crippen LogP contribution in [0.25, 0.3) is 10.9 Å². The summed E-state index contributed by atoms with van der Waals surface area (Å²) in [5, 5.41) is 9.02. The number of nitrogens with zero attached hydrogens (tertiary/aromatic N) is 2. The number of hydrogen-bond acceptors (Lipinski definition) is 6. The molecule has 3 aliphatic rings. The molecule has 8 nitrogen and oxygen atoms in total. The first-order valence-electron chi connectivity index (χ1n) is 9.80. The third-order valence-electron chi connectivity index (χ3n) is 6.39. The lowest BCUT2D eigenvalue weighted by Gasteiger charge is -2.27. The second-order valence-electron chi connectivity index (χ2n) is 8.13. The molecule has 2 aromatic rings. The number of pyridine rings is 1. The quantitative estimate of drug-likeness (QED) is 0.753. The van der Waals surface area contributed by atoms with Gasteiger partial charge in [0, 0.05) is 38.2 Å². The number of fused-ring (bicyclic) bond motifs is 2. The zero-order valence-electron chi connectivity index (χ0n) is 15.8. The Bertz CT molecular complexity index is 1070. The van der Waals surface area contributed by atoms with Crippen LogP contribution < -0.4 is 20.8 Å². The van der Waals surface area contributed by atoms with E-state index in [0.717, 1.165) is 19.3 Å². The van der Waals surface area contributed by atoms with Crippen molar-refractivity contribution in [3.05, 3.63) is 34.4 Å². The standard InChI is InChI=1S/C20H22FN3O5/c21-14-5-13-15(24(12-1-2-12)8-17(18(13)25)29-19(26)27)6-16(14)23-7-11-3-4-28-20(11,9-22)10-23/h5-6,8,11-12H,1-4,7,9-10,22H2,(H,26,27). The van der Waals surface area contributed by atoms with Crippen LogP contribution in [0.1, 0.15) is 25.3 Å². The van der Waals surface area contributed by atoms with Gasteiger partial charge in [0.2, 0.25) is 5.43 Å². The Morgan fingerprint density at radius 3 is 2.83 bits per heavy atom. The third-order valence-corrected chi connectivity index (χ3v) is 6.39. The van der Waals surface area contributed by atoms with Crippen molar-refractivity contribution in [2.75, 3.05) is 31.1 Å². The lowest BCUT2D eigenvalue weighted by molar-refractivity contribution is 0.0126. The smallest absolute Gasteiger partial charge is 0.449 e. The Balaban J connectivity index is 1.62. The SMILES string of the molecule is NCC12CN(c3cc4c(cc3F)c(=O)c(OC(=O)O)cn4C3CC3)CC1CCO2. The van der Waals surface area contributed by atoms with Gasteiger partial charge in [-0.3, -0.25) is 4.79 Å². The molecule has 1 aliphatic carbocycles. The van der Waals surface area contributed by atoms with E-state index in [1.165, 1.54) is 12.3 Å². The summed E-state index contributed by atoms with van der Waals surface area (Å²) in [7, 11) is 0. The van der Waals surface area contributed by atoms with Gasteiger partial charge in [-0.1, -0.05) is 0 Å². The number of ether oxygens (including phenoxy) is 2. The molecular formula is C20H22FN3O5. The predicted molar refractivity (Wildman–Crippen MR) is 103 cm³/mol. The Kier molecular flexibility index (Phi) is 4.08. The van der Waals surface area contributed by atoms with Crippen LogP contribution in [-0.2, 0) is 4.74 Å². The summed E-state index contributed by atoms with van der Waals surface area (Å²) in [5.74, 6) is -0.591. The van der Waals surface area contributed by atoms with E-state index in [9.17, 15) is 9.59 Å². The number of carboxylic acid groups (broad SMARTS) is 1. The highest BCUT2D eigenvalue weighted by Crippen LogP contribution is 2.42. The van der Waals surface area contributed by atoms with E-state index < -0.39 is 23.0 Å². The van der Waals surface area contributed by atoms with Gasteiger partial charge >= 0.3 is 6.16 Å². The number of aromatic nitrogens is 1. The van der Waals surface area contributed by atoms with Gasteiger partial charge in [0.05, 0.1) is 22.8 Å². The van der Waals surface area contributed by atoms with Crippen molar-refractivity contribution < 1.29 is 23.8 Å². The molecule has 0 amide bonds. The summed E-state index contributed by atoms with van der Waals surface area (Å²) < 4.78 is 27.5. The van der Waals surface area contributed by atoms with Crippen molar-refractivity contribution in [1.29, 1.82) is 0 Å². The van der Waals surface area contributed by atoms with Gasteiger partial charge < -0.3 is 29.8 Å². The minimum absolute atomic E-state index is 0.112. The van der Waals surface area contributed by atoms with Crippen LogP contribution in [0, 0.1) is 11.7 Å². The summed E-state index contributed by atoms with van der Waals surface area (Å²) in [6.07, 6.45) is 2.56. The Hall–Kier alpha value is -2.65. The van der Waals surface area contributed by atoms with Gasteiger partial charge in [-0.05, 0) is 31.4 Å². The van der Waals surface area contributed by atoms with Crippen molar-refractivity contribution in [1.82, 2.24) is 4.57 Å². The van der Waals surface area contributed by atoms with E-state index in [-0.39, 0.29) is 23.1 Å². The summed E-state index contributed by atoms with van der Waals surface area (Å²) in [6.45, 7) is 2.20. The molecule has 154 valence electrons. The highest BCUT2D eigenvalue weighted by Gasteiger charge is 2.50. The second kappa shape index (κ2) is 6.43. The minimum Gasteiger partial charge on any atom is -0.449 e. The van der Waals surface area contributed by atoms with Crippen molar-refractivity contribution in [2.45, 2.75) is 30.9 Å². The van der Waals surface area contributed by atoms with E-state index in [0.29, 0.717) is 37.4 Å². The fourth-order valence-corrected chi connectivity index (χ4v) is 4.74. The van der Waals surface area contributed by atoms with Gasteiger partial charge in [0.1, 0.15) is 11.4 Å². The maximum atomic E-state index is 15.1. The number of rotatable bonds is 4. The molecule has 5 rings (SSSR count). The van der Waals surface area contributed by atoms with Crippen LogP contribution in [0.4, 0.5) is 14.9 Å². The topological polar surface area (TPSA) is 107 Å². The molecule has 2 unspecified atom stereocenters. The first kappa shape index (κ1) is 18.4. The predicted octanol–water partition coefficient (Wildman–Crippen LogP) is 2.09. The van der Waals surface area contributed by atoms with E-state index in [2.05, 4.69) is 4.74 Å². The van der Waals surface area contributed by atoms with Crippen LogP contribution in [-0.4, -0.2) is 47.7 Å². The van der Waals surface area contributed by atoms with Gasteiger partial charge in [-0.2, -0.15) is 0 Å². The number of hydrogen-bond donors (Lipinski definition) is 2. The average molecular weight is 403 g/mol. The van der Waals surface area contributed by atoms with E-state index >= 15 is 4.39 Å². The van der Waals surface area contributed by atoms with E-state index in [1.54, 1.807) is 6.07 Å². The molecule has 2 atom stereocenters. The van der Waals surface area contributed by atoms with Crippen molar-refractivity contribution in [2.24, 2.45) is 11.7 Å². The number of nitrogens with two attached hydrogens (primary N) is 1. The van der Waals surface area contributed by atoms with Crippen molar-refractivity contribution >= 4 is 22.7 Å². The van der Waals surface area contributed by atoms with E-state index in [4.69, 9.17) is 15.6 Å². The van der Waals surface area contributed by atoms with Crippen LogP contribution in [0.5, 0.6) is 5.75 Å². The Labute approximate surface area is 165 Å². The first-order valence-corrected chi connectivity index (χ1v) is 9.80. The molecule has 1 aromatic carbocycles. The third kappa shape index (κ3) is 2.87. The fraction of sp³-hybridized carbons (Fsp3) is 0.500. The number of carbonyl (C=O) groups is 1. The van der Waals surface area contributed by atoms with Crippen molar-refractivity contribution in [3.8, 4) is 5.75 Å². The van der Waals surface area contributed by atoms with Crippen LogP contribution in [0.15, 0.2) is 23.1 Å². The van der Waals surface area contributed by atoms with Gasteiger partial charge in [-0.25, -0.2) is 9.18 Å². The maximum absolute atomic E-state index is 15.1. The molecule has 1 aromatic heterocycles. The molecule has 3 heterocycles. The number of halogens is 1. The summed E-state index contributed by atoms with van der Waals surface area (Å²) >= 11 is 0. The average Bonchev–Trinajstić information content (AvgIpc) is 3.35. The molecule has 0 radical (unpaired) electrons. The fourth-order valence-electron chi connectivity index (χ4n) is 4.74. The normalized spacial score (nSPS) is 26.1. The zero-order chi connectivity index (χ0) is 20.3. The molecule has 2 aliphatic heterocycles. The zero-order valence-corrected chi connectivity index (χ0v) is 15.8. The Morgan fingerprint density at radius 1 is 1.38 bits per heavy atom. The summed E-state index contributed by atoms with van der Waals surface area (Å²) in [6, 6.07) is 3.01. The molecule has 9 heteroatoms. The molecule has 29 heavy (non-hydrogen) atoms.